The maximum atomic E-state index is 13.8. The second-order valence-electron chi connectivity index (χ2n) is 15.0. The van der Waals surface area contributed by atoms with Crippen molar-refractivity contribution in [1.82, 2.24) is 20.2 Å². The number of aldehydes is 1. The van der Waals surface area contributed by atoms with Gasteiger partial charge in [0, 0.05) is 86.9 Å². The van der Waals surface area contributed by atoms with E-state index in [0.29, 0.717) is 24.2 Å². The van der Waals surface area contributed by atoms with Crippen LogP contribution in [0.5, 0.6) is 11.5 Å². The molecule has 0 aliphatic carbocycles. The van der Waals surface area contributed by atoms with Crippen molar-refractivity contribution in [2.24, 2.45) is 0 Å². The van der Waals surface area contributed by atoms with E-state index in [1.165, 1.54) is 23.3 Å². The first kappa shape index (κ1) is 48.3. The number of hydrogen-bond donors (Lipinski definition) is 1. The largest absolute Gasteiger partial charge is 0.497 e. The molecule has 0 amide bonds. The van der Waals surface area contributed by atoms with E-state index in [0.717, 1.165) is 116 Å². The predicted octanol–water partition coefficient (Wildman–Crippen LogP) is 10.1. The van der Waals surface area contributed by atoms with Gasteiger partial charge in [0.15, 0.2) is 0 Å². The van der Waals surface area contributed by atoms with Gasteiger partial charge in [0.05, 0.1) is 20.1 Å². The highest BCUT2D eigenvalue weighted by Gasteiger charge is 2.26. The lowest BCUT2D eigenvalue weighted by Gasteiger charge is -2.39. The summed E-state index contributed by atoms with van der Waals surface area (Å²) in [5, 5.41) is 7.47. The minimum Gasteiger partial charge on any atom is -0.497 e. The third-order valence-corrected chi connectivity index (χ3v) is 11.5. The Labute approximate surface area is 379 Å². The van der Waals surface area contributed by atoms with Gasteiger partial charge >= 0.3 is 0 Å². The van der Waals surface area contributed by atoms with Gasteiger partial charge in [-0.25, -0.2) is 18.7 Å². The normalized spacial score (nSPS) is 14.4. The van der Waals surface area contributed by atoms with E-state index in [4.69, 9.17) is 37.5 Å². The molecule has 0 bridgehead atoms. The number of nitrogens with one attached hydrogen (secondary N) is 1. The number of piperidine rings is 2. The molecule has 0 atom stereocenters. The van der Waals surface area contributed by atoms with Crippen molar-refractivity contribution in [3.8, 4) is 11.5 Å². The highest BCUT2D eigenvalue weighted by Crippen LogP contribution is 2.30. The monoisotopic (exact) mass is 906 g/mol. The zero-order valence-electron chi connectivity index (χ0n) is 35.2. The van der Waals surface area contributed by atoms with Crippen LogP contribution in [0.2, 0.25) is 0 Å². The molecule has 2 fully saturated rings. The third-order valence-electron chi connectivity index (χ3n) is 11.2. The highest BCUT2D eigenvalue weighted by molar-refractivity contribution is 6.24. The van der Waals surface area contributed by atoms with Crippen LogP contribution in [0.25, 0.3) is 21.5 Å². The van der Waals surface area contributed by atoms with Crippen LogP contribution in [-0.4, -0.2) is 91.9 Å². The first-order valence-electron chi connectivity index (χ1n) is 20.7. The number of methoxy groups -OCH3 is 2. The van der Waals surface area contributed by atoms with E-state index in [2.05, 4.69) is 54.2 Å². The minimum absolute atomic E-state index is 0. The van der Waals surface area contributed by atoms with Gasteiger partial charge in [-0.15, -0.1) is 35.6 Å². The predicted molar refractivity (Wildman–Crippen MR) is 252 cm³/mol. The van der Waals surface area contributed by atoms with Crippen LogP contribution in [0.1, 0.15) is 36.8 Å². The number of aromatic nitrogens is 2. The fourth-order valence-electron chi connectivity index (χ4n) is 7.96. The van der Waals surface area contributed by atoms with Crippen molar-refractivity contribution in [2.75, 3.05) is 68.5 Å². The standard InChI is InChI=1S/C24H27ClFN3O.C22H24FN3O.C2H3ClO.ClH/c1-30-22-6-2-18(3-7-22)17-29(15-11-25)21-9-13-28(14-10-21)24-23-16-20(26)5-4-19(23)8-12-27-24;1-27-20-6-2-16(3-7-20)15-25-19-9-12-26(13-10-19)22-21-14-18(23)5-4-17(21)8-11-24-22;3-1-2-4;/h2-8,12,16,21H,9-11,13-15,17H2,1H3;2-8,11,14,19,25H,9-10,12-13,15H2,1H3;2H,1H2;1H. The molecular formula is C48H55Cl3F2N6O3. The highest BCUT2D eigenvalue weighted by atomic mass is 35.5. The summed E-state index contributed by atoms with van der Waals surface area (Å²) < 4.78 is 38.0. The summed E-state index contributed by atoms with van der Waals surface area (Å²) in [5.74, 6) is 3.80. The van der Waals surface area contributed by atoms with E-state index in [1.807, 2.05) is 60.9 Å². The fraction of sp³-hybridized carbons (Fsp3) is 0.354. The van der Waals surface area contributed by atoms with Crippen LogP contribution in [0.3, 0.4) is 0 Å². The topological polar surface area (TPSA) is 83.1 Å². The first-order valence-corrected chi connectivity index (χ1v) is 21.8. The summed E-state index contributed by atoms with van der Waals surface area (Å²) in [7, 11) is 3.36. The van der Waals surface area contributed by atoms with Crippen molar-refractivity contribution >= 4 is 75.1 Å². The maximum Gasteiger partial charge on any atom is 0.136 e. The van der Waals surface area contributed by atoms with Gasteiger partial charge in [-0.2, -0.15) is 0 Å². The van der Waals surface area contributed by atoms with E-state index >= 15 is 0 Å². The molecule has 6 aromatic rings. The van der Waals surface area contributed by atoms with Gasteiger partial charge in [-0.3, -0.25) is 4.90 Å². The summed E-state index contributed by atoms with van der Waals surface area (Å²) in [5.41, 5.74) is 2.51. The Balaban J connectivity index is 0.000000213. The van der Waals surface area contributed by atoms with Gasteiger partial charge < -0.3 is 29.4 Å². The molecule has 8 rings (SSSR count). The third kappa shape index (κ3) is 13.4. The molecule has 1 N–H and O–H groups in total. The minimum atomic E-state index is -0.223. The van der Waals surface area contributed by atoms with Gasteiger partial charge in [0.2, 0.25) is 0 Å². The van der Waals surface area contributed by atoms with E-state index in [9.17, 15) is 8.78 Å². The number of halogens is 5. The lowest BCUT2D eigenvalue weighted by Crippen LogP contribution is -2.45. The average molecular weight is 908 g/mol. The van der Waals surface area contributed by atoms with Gasteiger partial charge in [0.25, 0.3) is 0 Å². The Hall–Kier alpha value is -4.78. The average Bonchev–Trinajstić information content (AvgIpc) is 3.31. The van der Waals surface area contributed by atoms with Crippen LogP contribution >= 0.6 is 35.6 Å². The fourth-order valence-corrected chi connectivity index (χ4v) is 8.18. The molecule has 0 radical (unpaired) electrons. The summed E-state index contributed by atoms with van der Waals surface area (Å²) in [6.45, 7) is 6.22. The number of pyridine rings is 2. The van der Waals surface area contributed by atoms with Crippen LogP contribution in [0.4, 0.5) is 20.4 Å². The Bertz CT molecular complexity index is 2280. The number of carbonyl (C=O) groups excluding carboxylic acids is 1. The zero-order chi connectivity index (χ0) is 43.0. The van der Waals surface area contributed by atoms with Crippen LogP contribution < -0.4 is 24.6 Å². The Kier molecular flexibility index (Phi) is 19.3. The van der Waals surface area contributed by atoms with Crippen molar-refractivity contribution in [3.63, 3.8) is 0 Å². The number of rotatable bonds is 13. The molecule has 4 aromatic carbocycles. The van der Waals surface area contributed by atoms with Crippen LogP contribution in [-0.2, 0) is 17.9 Å². The molecule has 14 heteroatoms. The van der Waals surface area contributed by atoms with Crippen molar-refractivity contribution < 1.29 is 23.0 Å². The number of ether oxygens (including phenoxy) is 2. The van der Waals surface area contributed by atoms with Crippen LogP contribution in [0, 0.1) is 11.6 Å². The van der Waals surface area contributed by atoms with Gasteiger partial charge in [-0.1, -0.05) is 36.4 Å². The smallest absolute Gasteiger partial charge is 0.136 e. The summed E-state index contributed by atoms with van der Waals surface area (Å²) in [6, 6.07) is 31.0. The second-order valence-corrected chi connectivity index (χ2v) is 15.7. The molecule has 0 spiro atoms. The Morgan fingerprint density at radius 3 is 1.63 bits per heavy atom. The van der Waals surface area contributed by atoms with Gasteiger partial charge in [-0.05, 0) is 108 Å². The number of alkyl halides is 2. The second kappa shape index (κ2) is 24.8. The van der Waals surface area contributed by atoms with Gasteiger partial charge in [0.1, 0.15) is 41.1 Å². The summed E-state index contributed by atoms with van der Waals surface area (Å²) in [6.07, 6.45) is 8.41. The molecule has 2 aliphatic heterocycles. The molecule has 4 heterocycles. The van der Waals surface area contributed by atoms with Crippen LogP contribution in [0.15, 0.2) is 109 Å². The molecule has 9 nitrogen and oxygen atoms in total. The number of fused-ring (bicyclic) bond motifs is 2. The lowest BCUT2D eigenvalue weighted by molar-refractivity contribution is -0.105. The Morgan fingerprint density at radius 2 is 1.18 bits per heavy atom. The zero-order valence-corrected chi connectivity index (χ0v) is 37.5. The molecule has 2 aromatic heterocycles. The molecule has 330 valence electrons. The quantitative estimate of drug-likeness (QED) is 0.0900. The maximum absolute atomic E-state index is 13.8. The Morgan fingerprint density at radius 1 is 0.710 bits per heavy atom. The van der Waals surface area contributed by atoms with Crippen molar-refractivity contribution in [1.29, 1.82) is 0 Å². The number of nitrogens with zero attached hydrogens (tertiary/aromatic N) is 5. The number of hydrogen-bond acceptors (Lipinski definition) is 9. The molecule has 2 saturated heterocycles. The van der Waals surface area contributed by atoms with Crippen molar-refractivity contribution in [3.05, 3.63) is 132 Å². The summed E-state index contributed by atoms with van der Waals surface area (Å²) >= 11 is 10.9. The first-order chi connectivity index (χ1) is 29.8. The number of carbonyl (C=O) groups is 1. The lowest BCUT2D eigenvalue weighted by atomic mass is 10.0. The molecule has 2 aliphatic rings. The van der Waals surface area contributed by atoms with Crippen molar-refractivity contribution in [2.45, 2.75) is 50.9 Å². The molecule has 62 heavy (non-hydrogen) atoms. The SMILES string of the molecule is COc1ccc(CN(CCCl)C2CCN(c3nccc4ccc(F)cc34)CC2)cc1.COc1ccc(CNC2CCN(c3nccc4ccc(F)cc34)CC2)cc1.Cl.O=CCCl. The molecule has 0 saturated carbocycles. The number of anilines is 2. The summed E-state index contributed by atoms with van der Waals surface area (Å²) in [4.78, 5) is 25.2. The molecular weight excluding hydrogens is 853 g/mol. The number of benzene rings is 4. The van der Waals surface area contributed by atoms with E-state index in [-0.39, 0.29) is 29.9 Å². The van der Waals surface area contributed by atoms with E-state index < -0.39 is 0 Å². The molecule has 0 unspecified atom stereocenters. The van der Waals surface area contributed by atoms with E-state index in [1.54, 1.807) is 26.4 Å².